The number of esters is 3. The van der Waals surface area contributed by atoms with Crippen LogP contribution < -0.4 is 0 Å². The predicted octanol–water partition coefficient (Wildman–Crippen LogP) is 8.51. The topological polar surface area (TPSA) is 97.4 Å². The molecule has 0 unspecified atom stereocenters. The number of benzene rings is 2. The third-order valence-corrected chi connectivity index (χ3v) is 9.47. The molecule has 270 valence electrons. The summed E-state index contributed by atoms with van der Waals surface area (Å²) in [5.74, 6) is 6.30. The molecule has 1 heterocycles. The van der Waals surface area contributed by atoms with Crippen LogP contribution in [0.5, 0.6) is 0 Å². The Morgan fingerprint density at radius 1 is 0.740 bits per heavy atom. The molecule has 4 rings (SSSR count). The van der Waals surface area contributed by atoms with Crippen LogP contribution in [0.2, 0.25) is 0 Å². The molecular formula is C42H54O8. The van der Waals surface area contributed by atoms with Crippen LogP contribution in [-0.2, 0) is 38.1 Å². The Bertz CT molecular complexity index is 1400. The highest BCUT2D eigenvalue weighted by molar-refractivity contribution is 5.86. The maximum Gasteiger partial charge on any atom is 0.338 e. The average Bonchev–Trinajstić information content (AvgIpc) is 3.60. The van der Waals surface area contributed by atoms with Crippen LogP contribution in [0, 0.1) is 17.8 Å². The van der Waals surface area contributed by atoms with E-state index in [1.165, 1.54) is 56.6 Å². The van der Waals surface area contributed by atoms with E-state index in [0.29, 0.717) is 23.7 Å². The minimum Gasteiger partial charge on any atom is -0.464 e. The first-order chi connectivity index (χ1) is 24.4. The van der Waals surface area contributed by atoms with Crippen molar-refractivity contribution in [3.05, 3.63) is 83.4 Å². The van der Waals surface area contributed by atoms with E-state index >= 15 is 0 Å². The molecule has 0 spiro atoms. The zero-order chi connectivity index (χ0) is 35.6. The van der Waals surface area contributed by atoms with Crippen LogP contribution >= 0.6 is 0 Å². The van der Waals surface area contributed by atoms with Crippen LogP contribution in [0.1, 0.15) is 132 Å². The lowest BCUT2D eigenvalue weighted by atomic mass is 9.77. The van der Waals surface area contributed by atoms with E-state index in [4.69, 9.17) is 23.7 Å². The molecule has 1 aliphatic carbocycles. The second-order valence-electron chi connectivity index (χ2n) is 13.2. The Morgan fingerprint density at radius 2 is 1.34 bits per heavy atom. The molecule has 0 amide bonds. The van der Waals surface area contributed by atoms with Crippen molar-refractivity contribution in [1.82, 2.24) is 0 Å². The molecule has 0 radical (unpaired) electrons. The summed E-state index contributed by atoms with van der Waals surface area (Å²) in [6, 6.07) is 16.0. The van der Waals surface area contributed by atoms with E-state index in [1.54, 1.807) is 0 Å². The van der Waals surface area contributed by atoms with Crippen LogP contribution in [0.25, 0.3) is 0 Å². The molecule has 0 aromatic heterocycles. The summed E-state index contributed by atoms with van der Waals surface area (Å²) in [6.45, 7) is 8.42. The Labute approximate surface area is 298 Å². The molecule has 2 aromatic rings. The van der Waals surface area contributed by atoms with Crippen molar-refractivity contribution < 1.29 is 38.1 Å². The lowest BCUT2D eigenvalue weighted by Gasteiger charge is -2.29. The molecule has 1 aliphatic heterocycles. The molecule has 50 heavy (non-hydrogen) atoms. The number of ether oxygens (including phenoxy) is 5. The predicted molar refractivity (Wildman–Crippen MR) is 192 cm³/mol. The first-order valence-corrected chi connectivity index (χ1v) is 18.6. The number of rotatable bonds is 18. The second-order valence-corrected chi connectivity index (χ2v) is 13.2. The van der Waals surface area contributed by atoms with Crippen molar-refractivity contribution in [2.24, 2.45) is 5.92 Å². The number of hydrogen-bond acceptors (Lipinski definition) is 8. The van der Waals surface area contributed by atoms with E-state index in [2.05, 4.69) is 42.7 Å². The van der Waals surface area contributed by atoms with Crippen molar-refractivity contribution in [1.29, 1.82) is 0 Å². The van der Waals surface area contributed by atoms with Crippen LogP contribution in [0.15, 0.2) is 61.2 Å². The van der Waals surface area contributed by atoms with Crippen LogP contribution in [-0.4, -0.2) is 49.9 Å². The van der Waals surface area contributed by atoms with Crippen molar-refractivity contribution in [2.45, 2.75) is 122 Å². The van der Waals surface area contributed by atoms with Crippen molar-refractivity contribution in [3.63, 3.8) is 0 Å². The quantitative estimate of drug-likeness (QED) is 0.0506. The van der Waals surface area contributed by atoms with Gasteiger partial charge in [-0.2, -0.15) is 0 Å². The molecular weight excluding hydrogens is 632 g/mol. The molecule has 0 N–H and O–H groups in total. The standard InChI is InChI=1S/C42H54O8/c1-4-7-28-47-40(44)38-39(41(45)48-29-8-5-2)50-42(49-38)36-17-13-12-16-35(36)27-22-32-20-25-34(26-21-32)33-23-18-31(19-24-33)15-11-9-10-14-30-46-37(43)6-3/h6,12-13,16-17,20-21,25-26,31,33,38-39,42H,3-5,7-11,14-15,18-19,23-24,28-30H2,1-2H3/t31?,33?,38-,39-/m1/s1. The maximum atomic E-state index is 12.9. The summed E-state index contributed by atoms with van der Waals surface area (Å²) in [5, 5.41) is 0. The molecule has 2 atom stereocenters. The summed E-state index contributed by atoms with van der Waals surface area (Å²) < 4.78 is 27.9. The largest absolute Gasteiger partial charge is 0.464 e. The molecule has 0 bridgehead atoms. The lowest BCUT2D eigenvalue weighted by Crippen LogP contribution is -2.39. The zero-order valence-corrected chi connectivity index (χ0v) is 29.9. The fourth-order valence-corrected chi connectivity index (χ4v) is 6.44. The maximum absolute atomic E-state index is 12.9. The minimum atomic E-state index is -1.22. The molecule has 8 nitrogen and oxygen atoms in total. The van der Waals surface area contributed by atoms with Gasteiger partial charge in [-0.3, -0.25) is 0 Å². The van der Waals surface area contributed by atoms with E-state index in [0.717, 1.165) is 50.0 Å². The second kappa shape index (κ2) is 21.3. The fraction of sp³-hybridized carbons (Fsp3) is 0.548. The molecule has 2 fully saturated rings. The number of carbonyl (C=O) groups excluding carboxylic acids is 3. The lowest BCUT2D eigenvalue weighted by molar-refractivity contribution is -0.163. The third-order valence-electron chi connectivity index (χ3n) is 9.47. The van der Waals surface area contributed by atoms with Crippen molar-refractivity contribution >= 4 is 17.9 Å². The number of hydrogen-bond donors (Lipinski definition) is 0. The van der Waals surface area contributed by atoms with Gasteiger partial charge in [-0.05, 0) is 80.5 Å². The molecule has 2 aliphatic rings. The van der Waals surface area contributed by atoms with E-state index in [1.807, 2.05) is 38.1 Å². The van der Waals surface area contributed by atoms with Crippen molar-refractivity contribution in [2.75, 3.05) is 19.8 Å². The summed E-state index contributed by atoms with van der Waals surface area (Å²) in [6.07, 6.45) is 11.6. The first kappa shape index (κ1) is 38.9. The monoisotopic (exact) mass is 686 g/mol. The summed E-state index contributed by atoms with van der Waals surface area (Å²) in [4.78, 5) is 37.0. The van der Waals surface area contributed by atoms with Gasteiger partial charge in [-0.1, -0.05) is 101 Å². The van der Waals surface area contributed by atoms with E-state index in [9.17, 15) is 14.4 Å². The van der Waals surface area contributed by atoms with Crippen LogP contribution in [0.3, 0.4) is 0 Å². The summed E-state index contributed by atoms with van der Waals surface area (Å²) in [5.41, 5.74) is 3.59. The van der Waals surface area contributed by atoms with Gasteiger partial charge in [-0.15, -0.1) is 0 Å². The molecule has 2 aromatic carbocycles. The number of unbranched alkanes of at least 4 members (excludes halogenated alkanes) is 5. The SMILES string of the molecule is C=CC(=O)OCCCCCCC1CCC(c2ccc(C#Cc3ccccc3C3O[C@@H](C(=O)OCCCC)[C@H](C(=O)OCCCC)O3)cc2)CC1. The Hall–Kier alpha value is -3.93. The van der Waals surface area contributed by atoms with Gasteiger partial charge in [0.15, 0.2) is 18.5 Å². The molecule has 8 heteroatoms. The zero-order valence-electron chi connectivity index (χ0n) is 29.9. The van der Waals surface area contributed by atoms with Crippen LogP contribution in [0.4, 0.5) is 0 Å². The smallest absolute Gasteiger partial charge is 0.338 e. The Balaban J connectivity index is 1.30. The van der Waals surface area contributed by atoms with Gasteiger partial charge in [0.2, 0.25) is 0 Å². The van der Waals surface area contributed by atoms with E-state index < -0.39 is 30.4 Å². The van der Waals surface area contributed by atoms with Gasteiger partial charge in [0.1, 0.15) is 0 Å². The fourth-order valence-electron chi connectivity index (χ4n) is 6.44. The molecule has 1 saturated heterocycles. The third kappa shape index (κ3) is 12.1. The average molecular weight is 687 g/mol. The highest BCUT2D eigenvalue weighted by Crippen LogP contribution is 2.38. The first-order valence-electron chi connectivity index (χ1n) is 18.6. The van der Waals surface area contributed by atoms with Gasteiger partial charge in [-0.25, -0.2) is 14.4 Å². The van der Waals surface area contributed by atoms with Crippen molar-refractivity contribution in [3.8, 4) is 11.8 Å². The molecule has 1 saturated carbocycles. The van der Waals surface area contributed by atoms with Gasteiger partial charge in [0, 0.05) is 22.8 Å². The summed E-state index contributed by atoms with van der Waals surface area (Å²) >= 11 is 0. The van der Waals surface area contributed by atoms with Gasteiger partial charge >= 0.3 is 17.9 Å². The normalized spacial score (nSPS) is 20.4. The Kier molecular flexibility index (Phi) is 16.6. The van der Waals surface area contributed by atoms with Gasteiger partial charge in [0.25, 0.3) is 0 Å². The number of carbonyl (C=O) groups is 3. The Morgan fingerprint density at radius 3 is 1.96 bits per heavy atom. The van der Waals surface area contributed by atoms with E-state index in [-0.39, 0.29) is 19.2 Å². The van der Waals surface area contributed by atoms with Gasteiger partial charge < -0.3 is 23.7 Å². The highest BCUT2D eigenvalue weighted by atomic mass is 16.8. The summed E-state index contributed by atoms with van der Waals surface area (Å²) in [7, 11) is 0. The highest BCUT2D eigenvalue weighted by Gasteiger charge is 2.48. The van der Waals surface area contributed by atoms with Gasteiger partial charge in [0.05, 0.1) is 19.8 Å². The minimum absolute atomic E-state index is 0.250.